The summed E-state index contributed by atoms with van der Waals surface area (Å²) in [5.74, 6) is -1.20. The molecular formula is C32H45N3O4S. The molecular weight excluding hydrogens is 522 g/mol. The van der Waals surface area contributed by atoms with Gasteiger partial charge in [-0.1, -0.05) is 42.5 Å². The van der Waals surface area contributed by atoms with Gasteiger partial charge in [0.15, 0.2) is 0 Å². The third-order valence-corrected chi connectivity index (χ3v) is 10.9. The normalized spacial score (nSPS) is 28.6. The van der Waals surface area contributed by atoms with Crippen LogP contribution in [-0.4, -0.2) is 85.3 Å². The SMILES string of the molecule is C=CCN(Cc1ccccc1)C(=O)[C@@H]1[C@H]2C(=O)N(CCCCCO)C(C(=O)N(CC=C)C(C)C)C23CC[C@@]1(C)S3. The second kappa shape index (κ2) is 12.5. The minimum atomic E-state index is -0.638. The van der Waals surface area contributed by atoms with Crippen LogP contribution in [0.4, 0.5) is 0 Å². The van der Waals surface area contributed by atoms with E-state index >= 15 is 0 Å². The van der Waals surface area contributed by atoms with Crippen LogP contribution in [0.1, 0.15) is 58.4 Å². The molecule has 0 aromatic heterocycles. The van der Waals surface area contributed by atoms with Crippen LogP contribution in [0, 0.1) is 11.8 Å². The highest BCUT2D eigenvalue weighted by atomic mass is 32.2. The first-order valence-corrected chi connectivity index (χ1v) is 15.4. The molecule has 40 heavy (non-hydrogen) atoms. The van der Waals surface area contributed by atoms with Gasteiger partial charge in [0.25, 0.3) is 0 Å². The Bertz CT molecular complexity index is 1110. The van der Waals surface area contributed by atoms with E-state index in [-0.39, 0.29) is 30.4 Å². The molecule has 0 saturated carbocycles. The smallest absolute Gasteiger partial charge is 0.247 e. The Morgan fingerprint density at radius 1 is 1.10 bits per heavy atom. The predicted molar refractivity (Wildman–Crippen MR) is 160 cm³/mol. The lowest BCUT2D eigenvalue weighted by molar-refractivity contribution is -0.146. The van der Waals surface area contributed by atoms with Gasteiger partial charge in [0.1, 0.15) is 6.04 Å². The maximum absolute atomic E-state index is 14.4. The minimum Gasteiger partial charge on any atom is -0.396 e. The molecule has 218 valence electrons. The third-order valence-electron chi connectivity index (χ3n) is 8.94. The number of carbonyl (C=O) groups excluding carboxylic acids is 3. The van der Waals surface area contributed by atoms with E-state index in [0.717, 1.165) is 24.8 Å². The molecule has 4 rings (SSSR count). The van der Waals surface area contributed by atoms with Crippen molar-refractivity contribution in [2.24, 2.45) is 11.8 Å². The monoisotopic (exact) mass is 567 g/mol. The number of amides is 3. The van der Waals surface area contributed by atoms with E-state index in [1.165, 1.54) is 0 Å². The van der Waals surface area contributed by atoms with E-state index in [4.69, 9.17) is 0 Å². The number of aliphatic hydroxyl groups excluding tert-OH is 1. The average Bonchev–Trinajstić information content (AvgIpc) is 3.50. The van der Waals surface area contributed by atoms with Crippen molar-refractivity contribution >= 4 is 29.5 Å². The summed E-state index contributed by atoms with van der Waals surface area (Å²) < 4.78 is -1.06. The fraction of sp³-hybridized carbons (Fsp3) is 0.594. The Morgan fingerprint density at radius 2 is 1.80 bits per heavy atom. The maximum atomic E-state index is 14.4. The molecule has 3 aliphatic rings. The lowest BCUT2D eigenvalue weighted by Crippen LogP contribution is -2.56. The third kappa shape index (κ3) is 5.37. The van der Waals surface area contributed by atoms with Gasteiger partial charge in [0.05, 0.1) is 16.6 Å². The van der Waals surface area contributed by atoms with Gasteiger partial charge in [0, 0.05) is 43.6 Å². The van der Waals surface area contributed by atoms with Gasteiger partial charge >= 0.3 is 0 Å². The molecule has 3 heterocycles. The number of fused-ring (bicyclic) bond motifs is 1. The molecule has 1 aromatic carbocycles. The van der Waals surface area contributed by atoms with Gasteiger partial charge in [-0.15, -0.1) is 24.9 Å². The first-order valence-electron chi connectivity index (χ1n) is 14.6. The zero-order valence-corrected chi connectivity index (χ0v) is 25.1. The second-order valence-corrected chi connectivity index (χ2v) is 13.8. The Morgan fingerprint density at radius 3 is 2.42 bits per heavy atom. The van der Waals surface area contributed by atoms with Crippen molar-refractivity contribution < 1.29 is 19.5 Å². The number of thioether (sulfide) groups is 1. The summed E-state index contributed by atoms with van der Waals surface area (Å²) in [7, 11) is 0. The topological polar surface area (TPSA) is 81.2 Å². The molecule has 3 fully saturated rings. The molecule has 3 amide bonds. The Hall–Kier alpha value is -2.58. The lowest BCUT2D eigenvalue weighted by atomic mass is 9.66. The molecule has 8 heteroatoms. The summed E-state index contributed by atoms with van der Waals surface area (Å²) in [4.78, 5) is 48.5. The van der Waals surface area contributed by atoms with Crippen LogP contribution in [0.25, 0.3) is 0 Å². The summed E-state index contributed by atoms with van der Waals surface area (Å²) in [5, 5.41) is 9.28. The zero-order valence-electron chi connectivity index (χ0n) is 24.3. The van der Waals surface area contributed by atoms with E-state index in [2.05, 4.69) is 20.1 Å². The van der Waals surface area contributed by atoms with Crippen LogP contribution in [0.15, 0.2) is 55.6 Å². The van der Waals surface area contributed by atoms with Crippen LogP contribution < -0.4 is 0 Å². The van der Waals surface area contributed by atoms with Gasteiger partial charge in [-0.25, -0.2) is 0 Å². The van der Waals surface area contributed by atoms with E-state index in [9.17, 15) is 19.5 Å². The fourth-order valence-electron chi connectivity index (χ4n) is 7.13. The van der Waals surface area contributed by atoms with Crippen LogP contribution in [-0.2, 0) is 20.9 Å². The number of benzene rings is 1. The summed E-state index contributed by atoms with van der Waals surface area (Å²) in [6.45, 7) is 15.7. The van der Waals surface area contributed by atoms with Gasteiger partial charge in [-0.3, -0.25) is 14.4 Å². The van der Waals surface area contributed by atoms with Gasteiger partial charge < -0.3 is 19.8 Å². The van der Waals surface area contributed by atoms with Gasteiger partial charge in [0.2, 0.25) is 17.7 Å². The molecule has 0 radical (unpaired) electrons. The molecule has 2 unspecified atom stereocenters. The fourth-order valence-corrected chi connectivity index (χ4v) is 9.48. The number of carbonyl (C=O) groups is 3. The molecule has 3 saturated heterocycles. The average molecular weight is 568 g/mol. The van der Waals surface area contributed by atoms with E-state index in [0.29, 0.717) is 39.0 Å². The molecule has 3 aliphatic heterocycles. The second-order valence-electron chi connectivity index (χ2n) is 11.9. The summed E-state index contributed by atoms with van der Waals surface area (Å²) >= 11 is 1.72. The predicted octanol–water partition coefficient (Wildman–Crippen LogP) is 4.27. The van der Waals surface area contributed by atoms with Crippen molar-refractivity contribution in [3.63, 3.8) is 0 Å². The van der Waals surface area contributed by atoms with Crippen LogP contribution in [0.5, 0.6) is 0 Å². The molecule has 5 atom stereocenters. The lowest BCUT2D eigenvalue weighted by Gasteiger charge is -2.39. The van der Waals surface area contributed by atoms with Crippen molar-refractivity contribution in [1.82, 2.24) is 14.7 Å². The Balaban J connectivity index is 1.72. The van der Waals surface area contributed by atoms with Crippen molar-refractivity contribution in [1.29, 1.82) is 0 Å². The largest absolute Gasteiger partial charge is 0.396 e. The van der Waals surface area contributed by atoms with Crippen LogP contribution in [0.2, 0.25) is 0 Å². The van der Waals surface area contributed by atoms with E-state index in [1.54, 1.807) is 28.8 Å². The highest BCUT2D eigenvalue weighted by molar-refractivity contribution is 8.02. The number of nitrogens with zero attached hydrogens (tertiary/aromatic N) is 3. The molecule has 7 nitrogen and oxygen atoms in total. The Kier molecular flexibility index (Phi) is 9.51. The summed E-state index contributed by atoms with van der Waals surface area (Å²) in [5.41, 5.74) is 1.03. The maximum Gasteiger partial charge on any atom is 0.247 e. The van der Waals surface area contributed by atoms with Crippen molar-refractivity contribution in [3.8, 4) is 0 Å². The highest BCUT2D eigenvalue weighted by Crippen LogP contribution is 2.71. The van der Waals surface area contributed by atoms with Gasteiger partial charge in [-0.2, -0.15) is 0 Å². The zero-order chi connectivity index (χ0) is 29.1. The number of hydrogen-bond acceptors (Lipinski definition) is 5. The first kappa shape index (κ1) is 30.4. The number of hydrogen-bond donors (Lipinski definition) is 1. The highest BCUT2D eigenvalue weighted by Gasteiger charge is 2.77. The first-order chi connectivity index (χ1) is 19.1. The summed E-state index contributed by atoms with van der Waals surface area (Å²) in [6, 6.07) is 9.23. The molecule has 1 spiro atoms. The number of unbranched alkanes of at least 4 members (excludes halogenated alkanes) is 2. The number of rotatable bonds is 14. The van der Waals surface area contributed by atoms with Crippen molar-refractivity contribution in [2.45, 2.75) is 81.0 Å². The summed E-state index contributed by atoms with van der Waals surface area (Å²) in [6.07, 6.45) is 7.14. The van der Waals surface area contributed by atoms with E-state index < -0.39 is 27.4 Å². The number of aliphatic hydroxyl groups is 1. The number of likely N-dealkylation sites (tertiary alicyclic amines) is 1. The van der Waals surface area contributed by atoms with Crippen molar-refractivity contribution in [2.75, 3.05) is 26.2 Å². The molecule has 1 N–H and O–H groups in total. The quantitative estimate of drug-likeness (QED) is 0.268. The van der Waals surface area contributed by atoms with Crippen LogP contribution >= 0.6 is 11.8 Å². The Labute approximate surface area is 243 Å². The van der Waals surface area contributed by atoms with Crippen molar-refractivity contribution in [3.05, 3.63) is 61.2 Å². The van der Waals surface area contributed by atoms with Crippen LogP contribution in [0.3, 0.4) is 0 Å². The molecule has 2 bridgehead atoms. The molecule has 0 aliphatic carbocycles. The molecule has 1 aromatic rings. The standard InChI is InChI=1S/C32H45N3O4S/c1-6-18-33(22-24-14-10-8-11-15-24)28(37)25-26-29(38)35(20-12-9-13-21-36)27(30(39)34(19-7-2)23(3)4)32(26)17-16-31(25,5)40-32/h6-8,10-11,14-15,23,25-27,36H,1-2,9,12-13,16-22H2,3-5H3/t25-,26-,27?,31+,32?/m0/s1. The van der Waals surface area contributed by atoms with E-state index in [1.807, 2.05) is 54.0 Å². The van der Waals surface area contributed by atoms with Gasteiger partial charge in [-0.05, 0) is 58.4 Å². The minimum absolute atomic E-state index is 0.0289.